The predicted octanol–water partition coefficient (Wildman–Crippen LogP) is 3.73. The lowest BCUT2D eigenvalue weighted by molar-refractivity contribution is -0.384. The number of benzene rings is 2. The molecule has 0 saturated carbocycles. The van der Waals surface area contributed by atoms with Crippen molar-refractivity contribution in [3.05, 3.63) is 80.2 Å². The van der Waals surface area contributed by atoms with Gasteiger partial charge in [0.2, 0.25) is 5.90 Å². The number of ether oxygens (including phenoxy) is 1. The number of aliphatic imine (C=N–C) groups is 1. The van der Waals surface area contributed by atoms with Gasteiger partial charge in [-0.1, -0.05) is 23.7 Å². The predicted molar refractivity (Wildman–Crippen MR) is 85.1 cm³/mol. The number of nitro groups is 1. The molecule has 120 valence electrons. The second kappa shape index (κ2) is 6.21. The SMILES string of the molecule is O=C1OC(c2ccc(Cl)c([N+](=O)[O-])c2)=NC1=Cc1ccc(F)cc1. The van der Waals surface area contributed by atoms with Crippen LogP contribution in [0.4, 0.5) is 10.1 Å². The summed E-state index contributed by atoms with van der Waals surface area (Å²) in [6.07, 6.45) is 1.43. The van der Waals surface area contributed by atoms with Gasteiger partial charge in [-0.05, 0) is 35.9 Å². The van der Waals surface area contributed by atoms with Crippen molar-refractivity contribution in [3.63, 3.8) is 0 Å². The molecule has 3 rings (SSSR count). The van der Waals surface area contributed by atoms with Crippen LogP contribution < -0.4 is 0 Å². The average Bonchev–Trinajstić information content (AvgIpc) is 2.90. The highest BCUT2D eigenvalue weighted by Crippen LogP contribution is 2.27. The smallest absolute Gasteiger partial charge is 0.363 e. The lowest BCUT2D eigenvalue weighted by Gasteiger charge is -2.00. The topological polar surface area (TPSA) is 81.8 Å². The molecule has 0 saturated heterocycles. The monoisotopic (exact) mass is 346 g/mol. The van der Waals surface area contributed by atoms with Crippen molar-refractivity contribution in [2.75, 3.05) is 0 Å². The first kappa shape index (κ1) is 15.8. The maximum Gasteiger partial charge on any atom is 0.363 e. The van der Waals surface area contributed by atoms with Crippen LogP contribution in [-0.4, -0.2) is 16.8 Å². The summed E-state index contributed by atoms with van der Waals surface area (Å²) in [7, 11) is 0. The molecule has 2 aromatic rings. The third-order valence-corrected chi connectivity index (χ3v) is 3.50. The van der Waals surface area contributed by atoms with Crippen LogP contribution in [0.15, 0.2) is 53.2 Å². The van der Waals surface area contributed by atoms with Gasteiger partial charge in [0.15, 0.2) is 5.70 Å². The molecule has 1 heterocycles. The molecule has 0 aromatic heterocycles. The summed E-state index contributed by atoms with van der Waals surface area (Å²) in [4.78, 5) is 26.2. The number of cyclic esters (lactones) is 1. The molecule has 0 atom stereocenters. The summed E-state index contributed by atoms with van der Waals surface area (Å²) in [5, 5.41) is 10.9. The molecule has 6 nitrogen and oxygen atoms in total. The second-order valence-corrected chi connectivity index (χ2v) is 5.22. The maximum atomic E-state index is 12.9. The molecular weight excluding hydrogens is 339 g/mol. The van der Waals surface area contributed by atoms with Crippen LogP contribution in [-0.2, 0) is 9.53 Å². The molecule has 8 heteroatoms. The minimum atomic E-state index is -0.702. The number of nitro benzene ring substituents is 1. The molecule has 0 spiro atoms. The number of hydrogen-bond acceptors (Lipinski definition) is 5. The van der Waals surface area contributed by atoms with Crippen molar-refractivity contribution in [2.45, 2.75) is 0 Å². The third-order valence-electron chi connectivity index (χ3n) is 3.18. The minimum Gasteiger partial charge on any atom is -0.402 e. The molecule has 0 fully saturated rings. The molecule has 0 N–H and O–H groups in total. The summed E-state index contributed by atoms with van der Waals surface area (Å²) in [5.41, 5.74) is 0.510. The fourth-order valence-electron chi connectivity index (χ4n) is 2.04. The van der Waals surface area contributed by atoms with E-state index in [9.17, 15) is 19.3 Å². The summed E-state index contributed by atoms with van der Waals surface area (Å²) in [6.45, 7) is 0. The fourth-order valence-corrected chi connectivity index (χ4v) is 2.22. The Bertz CT molecular complexity index is 907. The number of rotatable bonds is 3. The van der Waals surface area contributed by atoms with E-state index < -0.39 is 16.7 Å². The van der Waals surface area contributed by atoms with Gasteiger partial charge in [-0.2, -0.15) is 0 Å². The number of hydrogen-bond donors (Lipinski definition) is 0. The lowest BCUT2D eigenvalue weighted by atomic mass is 10.2. The molecule has 0 bridgehead atoms. The number of carbonyl (C=O) groups excluding carboxylic acids is 1. The van der Waals surface area contributed by atoms with E-state index in [1.807, 2.05) is 0 Å². The van der Waals surface area contributed by atoms with Crippen LogP contribution in [0.25, 0.3) is 6.08 Å². The van der Waals surface area contributed by atoms with Gasteiger partial charge in [-0.3, -0.25) is 10.1 Å². The molecule has 0 radical (unpaired) electrons. The van der Waals surface area contributed by atoms with Crippen LogP contribution in [0.2, 0.25) is 5.02 Å². The standard InChI is InChI=1S/C16H8ClFN2O4/c17-12-6-3-10(8-14(12)20(22)23)15-19-13(16(21)24-15)7-9-1-4-11(18)5-2-9/h1-8H. The van der Waals surface area contributed by atoms with Crippen molar-refractivity contribution in [2.24, 2.45) is 4.99 Å². The van der Waals surface area contributed by atoms with Crippen molar-refractivity contribution in [1.82, 2.24) is 0 Å². The maximum absolute atomic E-state index is 12.9. The van der Waals surface area contributed by atoms with E-state index in [0.717, 1.165) is 0 Å². The highest BCUT2D eigenvalue weighted by Gasteiger charge is 2.26. The highest BCUT2D eigenvalue weighted by molar-refractivity contribution is 6.32. The van der Waals surface area contributed by atoms with Crippen molar-refractivity contribution in [1.29, 1.82) is 0 Å². The third kappa shape index (κ3) is 3.16. The van der Waals surface area contributed by atoms with Gasteiger partial charge in [0.05, 0.1) is 4.92 Å². The Balaban J connectivity index is 1.96. The van der Waals surface area contributed by atoms with E-state index in [-0.39, 0.29) is 27.9 Å². The Kier molecular flexibility index (Phi) is 4.09. The number of halogens is 2. The zero-order valence-corrected chi connectivity index (χ0v) is 12.7. The lowest BCUT2D eigenvalue weighted by Crippen LogP contribution is -2.06. The van der Waals surface area contributed by atoms with Crippen LogP contribution in [0, 0.1) is 15.9 Å². The van der Waals surface area contributed by atoms with Gasteiger partial charge in [0.25, 0.3) is 5.69 Å². The molecule has 0 unspecified atom stereocenters. The van der Waals surface area contributed by atoms with Crippen LogP contribution in [0.3, 0.4) is 0 Å². The Morgan fingerprint density at radius 1 is 1.21 bits per heavy atom. The average molecular weight is 347 g/mol. The number of nitrogens with zero attached hydrogens (tertiary/aromatic N) is 2. The molecular formula is C16H8ClFN2O4. The highest BCUT2D eigenvalue weighted by atomic mass is 35.5. The van der Waals surface area contributed by atoms with Gasteiger partial charge in [-0.25, -0.2) is 14.2 Å². The summed E-state index contributed by atoms with van der Waals surface area (Å²) < 4.78 is 17.9. The minimum absolute atomic E-state index is 0.00853. The van der Waals surface area contributed by atoms with Crippen LogP contribution in [0.5, 0.6) is 0 Å². The first-order chi connectivity index (χ1) is 11.4. The molecule has 0 amide bonds. The largest absolute Gasteiger partial charge is 0.402 e. The number of carbonyl (C=O) groups is 1. The van der Waals surface area contributed by atoms with E-state index in [2.05, 4.69) is 4.99 Å². The van der Waals surface area contributed by atoms with Crippen LogP contribution in [0.1, 0.15) is 11.1 Å². The van der Waals surface area contributed by atoms with Crippen molar-refractivity contribution < 1.29 is 18.8 Å². The van der Waals surface area contributed by atoms with E-state index in [1.165, 1.54) is 48.5 Å². The quantitative estimate of drug-likeness (QED) is 0.367. The van der Waals surface area contributed by atoms with E-state index in [0.29, 0.717) is 5.56 Å². The van der Waals surface area contributed by atoms with Gasteiger partial charge < -0.3 is 4.74 Å². The van der Waals surface area contributed by atoms with Crippen molar-refractivity contribution in [3.8, 4) is 0 Å². The van der Waals surface area contributed by atoms with Gasteiger partial charge in [0, 0.05) is 11.6 Å². The Morgan fingerprint density at radius 3 is 2.58 bits per heavy atom. The molecule has 0 aliphatic carbocycles. The van der Waals surface area contributed by atoms with E-state index in [4.69, 9.17) is 16.3 Å². The first-order valence-electron chi connectivity index (χ1n) is 6.66. The van der Waals surface area contributed by atoms with Crippen molar-refractivity contribution >= 4 is 35.2 Å². The summed E-state index contributed by atoms with van der Waals surface area (Å²) >= 11 is 5.74. The van der Waals surface area contributed by atoms with Crippen LogP contribution >= 0.6 is 11.6 Å². The first-order valence-corrected chi connectivity index (χ1v) is 7.04. The summed E-state index contributed by atoms with van der Waals surface area (Å²) in [6, 6.07) is 9.43. The molecule has 1 aliphatic rings. The Labute approximate surface area is 140 Å². The van der Waals surface area contributed by atoms with E-state index in [1.54, 1.807) is 0 Å². The second-order valence-electron chi connectivity index (χ2n) is 4.81. The molecule has 24 heavy (non-hydrogen) atoms. The van der Waals surface area contributed by atoms with Gasteiger partial charge in [-0.15, -0.1) is 0 Å². The van der Waals surface area contributed by atoms with E-state index >= 15 is 0 Å². The molecule has 1 aliphatic heterocycles. The Hall–Kier alpha value is -3.06. The zero-order valence-electron chi connectivity index (χ0n) is 11.9. The Morgan fingerprint density at radius 2 is 1.92 bits per heavy atom. The van der Waals surface area contributed by atoms with Gasteiger partial charge in [0.1, 0.15) is 10.8 Å². The number of esters is 1. The zero-order chi connectivity index (χ0) is 17.3. The van der Waals surface area contributed by atoms with Gasteiger partial charge >= 0.3 is 5.97 Å². The summed E-state index contributed by atoms with van der Waals surface area (Å²) in [5.74, 6) is -1.16. The normalized spacial score (nSPS) is 15.3. The fraction of sp³-hybridized carbons (Fsp3) is 0. The molecule has 2 aromatic carbocycles.